The van der Waals surface area contributed by atoms with Crippen LogP contribution in [-0.2, 0) is 6.54 Å². The van der Waals surface area contributed by atoms with E-state index in [2.05, 4.69) is 33.1 Å². The van der Waals surface area contributed by atoms with Crippen molar-refractivity contribution in [2.75, 3.05) is 0 Å². The Balaban J connectivity index is 2.29. The summed E-state index contributed by atoms with van der Waals surface area (Å²) in [5.74, 6) is 1.09. The summed E-state index contributed by atoms with van der Waals surface area (Å²) in [5, 5.41) is 16.0. The van der Waals surface area contributed by atoms with Crippen molar-refractivity contribution in [2.24, 2.45) is 10.9 Å². The summed E-state index contributed by atoms with van der Waals surface area (Å²) in [4.78, 5) is 0. The quantitative estimate of drug-likeness (QED) is 0.380. The second-order valence-corrected chi connectivity index (χ2v) is 5.08. The lowest BCUT2D eigenvalue weighted by molar-refractivity contribution is 0.318. The van der Waals surface area contributed by atoms with Gasteiger partial charge in [0.2, 0.25) is 0 Å². The molecule has 0 saturated heterocycles. The van der Waals surface area contributed by atoms with Crippen molar-refractivity contribution in [1.82, 2.24) is 9.78 Å². The summed E-state index contributed by atoms with van der Waals surface area (Å²) in [6.07, 6.45) is 4.43. The van der Waals surface area contributed by atoms with Crippen LogP contribution >= 0.6 is 15.9 Å². The number of rotatable bonds is 5. The fourth-order valence-electron chi connectivity index (χ4n) is 1.72. The van der Waals surface area contributed by atoms with E-state index in [0.29, 0.717) is 17.1 Å². The Bertz CT molecular complexity index is 625. The lowest BCUT2D eigenvalue weighted by Crippen LogP contribution is -2.14. The van der Waals surface area contributed by atoms with Crippen LogP contribution in [0.1, 0.15) is 18.9 Å². The lowest BCUT2D eigenvalue weighted by Gasteiger charge is -2.09. The Hall–Kier alpha value is -2.02. The van der Waals surface area contributed by atoms with Crippen LogP contribution in [0.25, 0.3) is 0 Å². The van der Waals surface area contributed by atoms with E-state index < -0.39 is 0 Å². The van der Waals surface area contributed by atoms with Gasteiger partial charge >= 0.3 is 0 Å². The summed E-state index contributed by atoms with van der Waals surface area (Å²) in [6, 6.07) is 5.26. The van der Waals surface area contributed by atoms with Crippen LogP contribution < -0.4 is 10.5 Å². The van der Waals surface area contributed by atoms with Gasteiger partial charge in [0.25, 0.3) is 0 Å². The molecule has 0 atom stereocenters. The summed E-state index contributed by atoms with van der Waals surface area (Å²) in [6.45, 7) is 2.90. The molecule has 0 fully saturated rings. The summed E-state index contributed by atoms with van der Waals surface area (Å²) in [5.41, 5.74) is 6.15. The minimum atomic E-state index is -0.00606. The lowest BCUT2D eigenvalue weighted by atomic mass is 10.2. The first-order valence-electron chi connectivity index (χ1n) is 6.11. The number of ether oxygens (including phenoxy) is 1. The van der Waals surface area contributed by atoms with E-state index in [0.717, 1.165) is 17.4 Å². The van der Waals surface area contributed by atoms with Crippen molar-refractivity contribution in [2.45, 2.75) is 19.9 Å². The van der Waals surface area contributed by atoms with Gasteiger partial charge in [-0.25, -0.2) is 0 Å². The second-order valence-electron chi connectivity index (χ2n) is 4.17. The van der Waals surface area contributed by atoms with Crippen molar-refractivity contribution in [3.8, 4) is 11.5 Å². The molecule has 1 heterocycles. The molecule has 7 heteroatoms. The third-order valence-electron chi connectivity index (χ3n) is 2.62. The van der Waals surface area contributed by atoms with Gasteiger partial charge in [0.05, 0.1) is 18.0 Å². The number of nitrogens with two attached hydrogens (primary N) is 1. The summed E-state index contributed by atoms with van der Waals surface area (Å²) in [7, 11) is 0. The molecule has 1 aromatic carbocycles. The number of nitrogens with zero attached hydrogens (tertiary/aromatic N) is 3. The normalized spacial score (nSPS) is 11.6. The first-order chi connectivity index (χ1) is 9.63. The average Bonchev–Trinajstić information content (AvgIpc) is 2.86. The van der Waals surface area contributed by atoms with Gasteiger partial charge in [-0.3, -0.25) is 4.68 Å². The van der Waals surface area contributed by atoms with E-state index >= 15 is 0 Å². The zero-order valence-corrected chi connectivity index (χ0v) is 12.5. The van der Waals surface area contributed by atoms with Crippen molar-refractivity contribution < 1.29 is 9.94 Å². The van der Waals surface area contributed by atoms with Crippen LogP contribution in [0.3, 0.4) is 0 Å². The maximum atomic E-state index is 8.80. The van der Waals surface area contributed by atoms with Crippen LogP contribution in [0.15, 0.2) is 40.2 Å². The van der Waals surface area contributed by atoms with E-state index in [1.807, 2.05) is 0 Å². The molecule has 106 valence electrons. The smallest absolute Gasteiger partial charge is 0.173 e. The minimum Gasteiger partial charge on any atom is -0.453 e. The highest BCUT2D eigenvalue weighted by Crippen LogP contribution is 2.28. The molecule has 0 unspecified atom stereocenters. The molecule has 0 spiro atoms. The molecule has 6 nitrogen and oxygen atoms in total. The average molecular weight is 339 g/mol. The van der Waals surface area contributed by atoms with E-state index in [9.17, 15) is 0 Å². The number of benzene rings is 1. The topological polar surface area (TPSA) is 85.7 Å². The van der Waals surface area contributed by atoms with E-state index in [4.69, 9.17) is 15.7 Å². The molecule has 0 aliphatic heterocycles. The fraction of sp³-hybridized carbons (Fsp3) is 0.231. The van der Waals surface area contributed by atoms with Crippen LogP contribution in [0.5, 0.6) is 11.5 Å². The molecule has 2 aromatic rings. The maximum Gasteiger partial charge on any atom is 0.173 e. The largest absolute Gasteiger partial charge is 0.453 e. The molecule has 20 heavy (non-hydrogen) atoms. The highest BCUT2D eigenvalue weighted by atomic mass is 79.9. The van der Waals surface area contributed by atoms with Gasteiger partial charge in [-0.05, 0) is 24.6 Å². The zero-order valence-electron chi connectivity index (χ0n) is 11.0. The molecule has 0 aliphatic rings. The number of halogens is 1. The van der Waals surface area contributed by atoms with Gasteiger partial charge in [0.1, 0.15) is 5.75 Å². The molecule has 0 aliphatic carbocycles. The highest BCUT2D eigenvalue weighted by molar-refractivity contribution is 9.10. The first-order valence-corrected chi connectivity index (χ1v) is 6.91. The van der Waals surface area contributed by atoms with E-state index in [-0.39, 0.29) is 5.84 Å². The van der Waals surface area contributed by atoms with Gasteiger partial charge in [-0.2, -0.15) is 5.10 Å². The van der Waals surface area contributed by atoms with Crippen LogP contribution in [0.4, 0.5) is 0 Å². The molecule has 0 saturated carbocycles. The third-order valence-corrected chi connectivity index (χ3v) is 3.11. The van der Waals surface area contributed by atoms with Crippen molar-refractivity contribution >= 4 is 21.8 Å². The fourth-order valence-corrected chi connectivity index (χ4v) is 2.06. The predicted molar refractivity (Wildman–Crippen MR) is 79.2 cm³/mol. The van der Waals surface area contributed by atoms with Crippen LogP contribution in [-0.4, -0.2) is 20.8 Å². The van der Waals surface area contributed by atoms with Gasteiger partial charge < -0.3 is 15.7 Å². The molecule has 1 aromatic heterocycles. The maximum absolute atomic E-state index is 8.80. The highest BCUT2D eigenvalue weighted by Gasteiger charge is 2.11. The van der Waals surface area contributed by atoms with Gasteiger partial charge in [-0.15, -0.1) is 0 Å². The van der Waals surface area contributed by atoms with Crippen molar-refractivity contribution in [3.05, 3.63) is 40.6 Å². The molecule has 0 radical (unpaired) electrons. The monoisotopic (exact) mass is 338 g/mol. The second kappa shape index (κ2) is 6.42. The number of oxime groups is 1. The molecular formula is C13H15BrN4O2. The Morgan fingerprint density at radius 3 is 3.05 bits per heavy atom. The Morgan fingerprint density at radius 2 is 2.35 bits per heavy atom. The van der Waals surface area contributed by atoms with E-state index in [1.165, 1.54) is 0 Å². The molecule has 0 amide bonds. The number of amidine groups is 1. The third kappa shape index (κ3) is 3.30. The van der Waals surface area contributed by atoms with Crippen molar-refractivity contribution in [3.63, 3.8) is 0 Å². The summed E-state index contributed by atoms with van der Waals surface area (Å²) >= 11 is 3.37. The zero-order chi connectivity index (χ0) is 14.5. The Kier molecular flexibility index (Phi) is 4.62. The predicted octanol–water partition coefficient (Wildman–Crippen LogP) is 2.94. The van der Waals surface area contributed by atoms with E-state index in [1.54, 1.807) is 35.3 Å². The van der Waals surface area contributed by atoms with Crippen LogP contribution in [0.2, 0.25) is 0 Å². The Morgan fingerprint density at radius 1 is 1.55 bits per heavy atom. The molecule has 2 rings (SSSR count). The Labute approximate surface area is 125 Å². The van der Waals surface area contributed by atoms with Gasteiger partial charge in [0, 0.05) is 11.0 Å². The molecule has 3 N–H and O–H groups in total. The minimum absolute atomic E-state index is 0.00606. The van der Waals surface area contributed by atoms with Gasteiger partial charge in [-0.1, -0.05) is 28.0 Å². The standard InChI is InChI=1S/C13H15BrN4O2/c1-2-5-18-8-10(7-16-18)20-12-6-9(14)3-4-11(12)13(15)17-19/h3-4,6-8,19H,2,5H2,1H3,(H2,15,17). The number of aromatic nitrogens is 2. The molecular weight excluding hydrogens is 324 g/mol. The number of hydrogen-bond acceptors (Lipinski definition) is 4. The van der Waals surface area contributed by atoms with Gasteiger partial charge in [0.15, 0.2) is 11.6 Å². The van der Waals surface area contributed by atoms with Crippen molar-refractivity contribution in [1.29, 1.82) is 0 Å². The first kappa shape index (κ1) is 14.4. The number of aryl methyl sites for hydroxylation is 1. The van der Waals surface area contributed by atoms with Crippen LogP contribution in [0, 0.1) is 0 Å². The number of hydrogen-bond donors (Lipinski definition) is 2. The summed E-state index contributed by atoms with van der Waals surface area (Å²) < 4.78 is 8.39. The molecule has 0 bridgehead atoms. The SMILES string of the molecule is CCCn1cc(Oc2cc(Br)ccc2/C(N)=N/O)cn1.